The van der Waals surface area contributed by atoms with Gasteiger partial charge in [0.2, 0.25) is 0 Å². The first-order chi connectivity index (χ1) is 12.2. The lowest BCUT2D eigenvalue weighted by Gasteiger charge is -2.14. The number of ether oxygens (including phenoxy) is 3. The first kappa shape index (κ1) is 21.3. The molecule has 0 spiro atoms. The first-order valence-electron chi connectivity index (χ1n) is 9.04. The van der Waals surface area contributed by atoms with Gasteiger partial charge in [0.25, 0.3) is 0 Å². The molecule has 0 bridgehead atoms. The molecule has 0 saturated carbocycles. The molecule has 142 valence electrons. The number of hydrogen-bond donors (Lipinski definition) is 2. The predicted octanol–water partition coefficient (Wildman–Crippen LogP) is 3.29. The number of aliphatic imine (C=N–C) groups is 1. The van der Waals surface area contributed by atoms with Crippen LogP contribution in [-0.4, -0.2) is 52.1 Å². The van der Waals surface area contributed by atoms with Gasteiger partial charge in [-0.2, -0.15) is 0 Å². The van der Waals surface area contributed by atoms with E-state index >= 15 is 0 Å². The number of methoxy groups -OCH3 is 1. The molecule has 1 rings (SSSR count). The van der Waals surface area contributed by atoms with Gasteiger partial charge in [0.15, 0.2) is 5.96 Å². The fraction of sp³-hybridized carbons (Fsp3) is 0.632. The molecule has 0 radical (unpaired) electrons. The number of nitrogens with one attached hydrogen (secondary N) is 2. The Morgan fingerprint density at radius 3 is 2.52 bits per heavy atom. The van der Waals surface area contributed by atoms with Crippen molar-refractivity contribution in [2.75, 3.05) is 45.3 Å². The van der Waals surface area contributed by atoms with E-state index in [0.29, 0.717) is 19.8 Å². The Bertz CT molecular complexity index is 475. The summed E-state index contributed by atoms with van der Waals surface area (Å²) in [5.41, 5.74) is 0.981. The normalized spacial score (nSPS) is 11.6. The highest BCUT2D eigenvalue weighted by Crippen LogP contribution is 2.16. The second kappa shape index (κ2) is 13.5. The maximum absolute atomic E-state index is 5.66. The van der Waals surface area contributed by atoms with Crippen LogP contribution in [0.5, 0.6) is 5.75 Å². The lowest BCUT2D eigenvalue weighted by molar-refractivity contribution is 0.0699. The number of anilines is 1. The van der Waals surface area contributed by atoms with E-state index in [1.165, 1.54) is 0 Å². The van der Waals surface area contributed by atoms with Crippen LogP contribution in [0.3, 0.4) is 0 Å². The van der Waals surface area contributed by atoms with E-state index in [1.54, 1.807) is 7.11 Å². The molecule has 1 aromatic rings. The number of rotatable bonds is 12. The first-order valence-corrected chi connectivity index (χ1v) is 9.04. The van der Waals surface area contributed by atoms with Gasteiger partial charge >= 0.3 is 0 Å². The highest BCUT2D eigenvalue weighted by atomic mass is 16.5. The molecule has 6 heteroatoms. The zero-order chi connectivity index (χ0) is 18.3. The third-order valence-electron chi connectivity index (χ3n) is 3.17. The van der Waals surface area contributed by atoms with E-state index < -0.39 is 0 Å². The number of benzene rings is 1. The minimum Gasteiger partial charge on any atom is -0.491 e. The molecule has 0 amide bonds. The van der Waals surface area contributed by atoms with Crippen LogP contribution < -0.4 is 15.4 Å². The highest BCUT2D eigenvalue weighted by molar-refractivity contribution is 5.93. The summed E-state index contributed by atoms with van der Waals surface area (Å²) >= 11 is 0. The quantitative estimate of drug-likeness (QED) is 0.344. The average molecular weight is 351 g/mol. The monoisotopic (exact) mass is 351 g/mol. The van der Waals surface area contributed by atoms with Crippen molar-refractivity contribution in [1.82, 2.24) is 5.32 Å². The molecular weight excluding hydrogens is 318 g/mol. The van der Waals surface area contributed by atoms with Gasteiger partial charge in [-0.15, -0.1) is 0 Å². The zero-order valence-electron chi connectivity index (χ0n) is 16.0. The van der Waals surface area contributed by atoms with Crippen molar-refractivity contribution in [3.8, 4) is 5.75 Å². The molecule has 0 saturated heterocycles. The molecule has 0 atom stereocenters. The lowest BCUT2D eigenvalue weighted by Crippen LogP contribution is -2.32. The third-order valence-corrected chi connectivity index (χ3v) is 3.17. The number of hydrogen-bond acceptors (Lipinski definition) is 4. The fourth-order valence-electron chi connectivity index (χ4n) is 2.01. The van der Waals surface area contributed by atoms with Crippen LogP contribution in [0.25, 0.3) is 0 Å². The van der Waals surface area contributed by atoms with E-state index in [2.05, 4.69) is 22.5 Å². The molecule has 0 aliphatic heterocycles. The molecule has 25 heavy (non-hydrogen) atoms. The molecule has 0 unspecified atom stereocenters. The van der Waals surface area contributed by atoms with E-state index in [9.17, 15) is 0 Å². The molecule has 0 aromatic heterocycles. The Labute approximate surface area is 152 Å². The van der Waals surface area contributed by atoms with Crippen molar-refractivity contribution in [3.05, 3.63) is 24.3 Å². The Morgan fingerprint density at radius 1 is 1.12 bits per heavy atom. The van der Waals surface area contributed by atoms with Crippen molar-refractivity contribution in [2.45, 2.75) is 39.7 Å². The van der Waals surface area contributed by atoms with Crippen LogP contribution in [0, 0.1) is 0 Å². The van der Waals surface area contributed by atoms with Gasteiger partial charge in [-0.1, -0.05) is 6.92 Å². The van der Waals surface area contributed by atoms with Gasteiger partial charge in [-0.3, -0.25) is 4.99 Å². The van der Waals surface area contributed by atoms with E-state index in [0.717, 1.165) is 43.3 Å². The molecule has 0 fully saturated rings. The Morgan fingerprint density at radius 2 is 1.88 bits per heavy atom. The minimum absolute atomic E-state index is 0.174. The highest BCUT2D eigenvalue weighted by Gasteiger charge is 2.02. The van der Waals surface area contributed by atoms with Gasteiger partial charge in [0, 0.05) is 32.5 Å². The largest absolute Gasteiger partial charge is 0.491 e. The van der Waals surface area contributed by atoms with Crippen molar-refractivity contribution < 1.29 is 14.2 Å². The Balaban J connectivity index is 2.42. The lowest BCUT2D eigenvalue weighted by atomic mass is 10.3. The molecule has 1 aromatic carbocycles. The fourth-order valence-corrected chi connectivity index (χ4v) is 2.01. The van der Waals surface area contributed by atoms with Gasteiger partial charge in [0.1, 0.15) is 5.75 Å². The van der Waals surface area contributed by atoms with Crippen LogP contribution in [-0.2, 0) is 9.47 Å². The summed E-state index contributed by atoms with van der Waals surface area (Å²) in [5, 5.41) is 6.67. The summed E-state index contributed by atoms with van der Waals surface area (Å²) in [6, 6.07) is 7.91. The van der Waals surface area contributed by atoms with E-state index in [1.807, 2.05) is 38.1 Å². The minimum atomic E-state index is 0.174. The second-order valence-electron chi connectivity index (χ2n) is 5.93. The summed E-state index contributed by atoms with van der Waals surface area (Å²) in [6.07, 6.45) is 2.10. The Hall–Kier alpha value is -1.79. The van der Waals surface area contributed by atoms with Crippen molar-refractivity contribution >= 4 is 11.6 Å². The third kappa shape index (κ3) is 10.6. The maximum atomic E-state index is 5.66. The molecule has 6 nitrogen and oxygen atoms in total. The Kier molecular flexibility index (Phi) is 11.5. The SMILES string of the molecule is CCCN=C(NCCCOCCOC)Nc1ccc(OC(C)C)cc1. The number of guanidine groups is 1. The summed E-state index contributed by atoms with van der Waals surface area (Å²) in [5.74, 6) is 1.66. The number of nitrogens with zero attached hydrogens (tertiary/aromatic N) is 1. The second-order valence-corrected chi connectivity index (χ2v) is 5.93. The van der Waals surface area contributed by atoms with Crippen molar-refractivity contribution in [2.24, 2.45) is 4.99 Å². The van der Waals surface area contributed by atoms with Gasteiger partial charge in [0.05, 0.1) is 19.3 Å². The van der Waals surface area contributed by atoms with Crippen LogP contribution >= 0.6 is 0 Å². The van der Waals surface area contributed by atoms with Gasteiger partial charge in [-0.05, 0) is 51.0 Å². The van der Waals surface area contributed by atoms with Crippen molar-refractivity contribution in [1.29, 1.82) is 0 Å². The summed E-state index contributed by atoms with van der Waals surface area (Å²) in [7, 11) is 1.68. The van der Waals surface area contributed by atoms with Gasteiger partial charge in [-0.25, -0.2) is 0 Å². The van der Waals surface area contributed by atoms with Gasteiger partial charge < -0.3 is 24.8 Å². The smallest absolute Gasteiger partial charge is 0.195 e. The van der Waals surface area contributed by atoms with Crippen LogP contribution in [0.4, 0.5) is 5.69 Å². The van der Waals surface area contributed by atoms with Crippen LogP contribution in [0.2, 0.25) is 0 Å². The van der Waals surface area contributed by atoms with Crippen LogP contribution in [0.15, 0.2) is 29.3 Å². The average Bonchev–Trinajstić information content (AvgIpc) is 2.59. The van der Waals surface area contributed by atoms with E-state index in [4.69, 9.17) is 14.2 Å². The topological polar surface area (TPSA) is 64.1 Å². The summed E-state index contributed by atoms with van der Waals surface area (Å²) < 4.78 is 16.1. The maximum Gasteiger partial charge on any atom is 0.195 e. The summed E-state index contributed by atoms with van der Waals surface area (Å²) in [6.45, 7) is 9.72. The molecule has 0 aliphatic rings. The molecule has 0 aliphatic carbocycles. The molecule has 2 N–H and O–H groups in total. The van der Waals surface area contributed by atoms with Crippen molar-refractivity contribution in [3.63, 3.8) is 0 Å². The molecule has 0 heterocycles. The van der Waals surface area contributed by atoms with Crippen LogP contribution in [0.1, 0.15) is 33.6 Å². The summed E-state index contributed by atoms with van der Waals surface area (Å²) in [4.78, 5) is 4.56. The molecular formula is C19H33N3O3. The zero-order valence-corrected chi connectivity index (χ0v) is 16.0. The predicted molar refractivity (Wildman–Crippen MR) is 104 cm³/mol. The standard InChI is InChI=1S/C19H33N3O3/c1-5-11-20-19(21-12-6-13-24-15-14-23-4)22-17-7-9-18(10-8-17)25-16(2)3/h7-10,16H,5-6,11-15H2,1-4H3,(H2,20,21,22). The van der Waals surface area contributed by atoms with E-state index in [-0.39, 0.29) is 6.10 Å².